The quantitative estimate of drug-likeness (QED) is 0.575. The highest BCUT2D eigenvalue weighted by Crippen LogP contribution is 2.19. The molecule has 4 rings (SSSR count). The molecule has 1 saturated carbocycles. The average Bonchev–Trinajstić information content (AvgIpc) is 3.24. The van der Waals surface area contributed by atoms with E-state index in [1.54, 1.807) is 15.6 Å². The van der Waals surface area contributed by atoms with Gasteiger partial charge in [0.15, 0.2) is 5.69 Å². The summed E-state index contributed by atoms with van der Waals surface area (Å²) in [5, 5.41) is 7.67. The van der Waals surface area contributed by atoms with E-state index in [1.165, 1.54) is 6.42 Å². The van der Waals surface area contributed by atoms with E-state index < -0.39 is 0 Å². The second-order valence-electron chi connectivity index (χ2n) is 10.5. The molecular formula is C28H39N5O3. The van der Waals surface area contributed by atoms with Crippen LogP contribution >= 0.6 is 0 Å². The molecule has 1 aliphatic heterocycles. The SMILES string of the molecule is CC(C)CN(CCC(=O)NC1CCCCC1)C(=O)c1cc2n(n1)CCCN(Cc1ccccc1)C2=O. The predicted octanol–water partition coefficient (Wildman–Crippen LogP) is 3.87. The minimum absolute atomic E-state index is 0.00388. The molecule has 1 N–H and O–H groups in total. The third-order valence-electron chi connectivity index (χ3n) is 6.97. The summed E-state index contributed by atoms with van der Waals surface area (Å²) in [6.45, 7) is 6.75. The fourth-order valence-electron chi connectivity index (χ4n) is 5.16. The Morgan fingerprint density at radius 2 is 1.83 bits per heavy atom. The van der Waals surface area contributed by atoms with Gasteiger partial charge in [0.2, 0.25) is 5.91 Å². The van der Waals surface area contributed by atoms with Gasteiger partial charge in [-0.25, -0.2) is 0 Å². The molecule has 3 amide bonds. The molecule has 8 nitrogen and oxygen atoms in total. The van der Waals surface area contributed by atoms with E-state index in [4.69, 9.17) is 0 Å². The monoisotopic (exact) mass is 493 g/mol. The number of hydrogen-bond donors (Lipinski definition) is 1. The summed E-state index contributed by atoms with van der Waals surface area (Å²) < 4.78 is 1.67. The van der Waals surface area contributed by atoms with Crippen molar-refractivity contribution in [2.75, 3.05) is 19.6 Å². The topological polar surface area (TPSA) is 87.5 Å². The van der Waals surface area contributed by atoms with Crippen molar-refractivity contribution in [3.8, 4) is 0 Å². The summed E-state index contributed by atoms with van der Waals surface area (Å²) in [5.74, 6) is -0.0862. The molecule has 36 heavy (non-hydrogen) atoms. The van der Waals surface area contributed by atoms with Crippen molar-refractivity contribution in [1.29, 1.82) is 0 Å². The molecule has 0 saturated heterocycles. The van der Waals surface area contributed by atoms with Crippen LogP contribution < -0.4 is 5.32 Å². The van der Waals surface area contributed by atoms with Crippen LogP contribution in [-0.4, -0.2) is 63.0 Å². The lowest BCUT2D eigenvalue weighted by Crippen LogP contribution is -2.40. The molecule has 0 spiro atoms. The normalized spacial score (nSPS) is 16.5. The molecular weight excluding hydrogens is 454 g/mol. The van der Waals surface area contributed by atoms with Crippen molar-refractivity contribution in [3.05, 3.63) is 53.3 Å². The zero-order valence-corrected chi connectivity index (χ0v) is 21.6. The van der Waals surface area contributed by atoms with E-state index >= 15 is 0 Å². The number of carbonyl (C=O) groups excluding carboxylic acids is 3. The summed E-state index contributed by atoms with van der Waals surface area (Å²) in [5.41, 5.74) is 1.80. The largest absolute Gasteiger partial charge is 0.353 e. The van der Waals surface area contributed by atoms with Crippen molar-refractivity contribution in [1.82, 2.24) is 24.9 Å². The zero-order chi connectivity index (χ0) is 25.5. The van der Waals surface area contributed by atoms with Gasteiger partial charge in [0, 0.05) is 51.3 Å². The van der Waals surface area contributed by atoms with Crippen LogP contribution in [-0.2, 0) is 17.9 Å². The molecule has 194 valence electrons. The number of carbonyl (C=O) groups is 3. The van der Waals surface area contributed by atoms with Crippen molar-refractivity contribution < 1.29 is 14.4 Å². The number of nitrogens with zero attached hydrogens (tertiary/aromatic N) is 4. The Labute approximate surface area is 214 Å². The first-order valence-corrected chi connectivity index (χ1v) is 13.4. The Hall–Kier alpha value is -3.16. The van der Waals surface area contributed by atoms with E-state index in [1.807, 2.05) is 35.2 Å². The summed E-state index contributed by atoms with van der Waals surface area (Å²) in [6, 6.07) is 11.8. The van der Waals surface area contributed by atoms with E-state index in [0.717, 1.165) is 37.7 Å². The van der Waals surface area contributed by atoms with E-state index in [-0.39, 0.29) is 41.8 Å². The van der Waals surface area contributed by atoms with Gasteiger partial charge in [0.05, 0.1) is 0 Å². The number of rotatable bonds is 9. The van der Waals surface area contributed by atoms with Gasteiger partial charge in [-0.05, 0) is 30.7 Å². The van der Waals surface area contributed by atoms with Crippen molar-refractivity contribution >= 4 is 17.7 Å². The summed E-state index contributed by atoms with van der Waals surface area (Å²) in [4.78, 5) is 42.9. The number of amides is 3. The first-order valence-electron chi connectivity index (χ1n) is 13.4. The molecule has 1 aromatic carbocycles. The Kier molecular flexibility index (Phi) is 8.78. The van der Waals surface area contributed by atoms with Gasteiger partial charge in [-0.15, -0.1) is 0 Å². The molecule has 0 atom stereocenters. The van der Waals surface area contributed by atoms with Crippen molar-refractivity contribution in [2.45, 2.75) is 77.9 Å². The number of fused-ring (bicyclic) bond motifs is 1. The molecule has 0 radical (unpaired) electrons. The molecule has 2 aliphatic rings. The lowest BCUT2D eigenvalue weighted by Gasteiger charge is -2.25. The average molecular weight is 494 g/mol. The molecule has 1 aromatic heterocycles. The van der Waals surface area contributed by atoms with Crippen LogP contribution in [0.15, 0.2) is 36.4 Å². The molecule has 0 bridgehead atoms. The second-order valence-corrected chi connectivity index (χ2v) is 10.5. The Morgan fingerprint density at radius 3 is 2.56 bits per heavy atom. The van der Waals surface area contributed by atoms with Gasteiger partial charge in [0.1, 0.15) is 5.69 Å². The predicted molar refractivity (Wildman–Crippen MR) is 138 cm³/mol. The first-order chi connectivity index (χ1) is 17.4. The maximum Gasteiger partial charge on any atom is 0.274 e. The van der Waals surface area contributed by atoms with Crippen LogP contribution in [0.4, 0.5) is 0 Å². The molecule has 1 fully saturated rings. The summed E-state index contributed by atoms with van der Waals surface area (Å²) in [7, 11) is 0. The maximum absolute atomic E-state index is 13.5. The number of nitrogens with one attached hydrogen (secondary N) is 1. The van der Waals surface area contributed by atoms with E-state index in [9.17, 15) is 14.4 Å². The summed E-state index contributed by atoms with van der Waals surface area (Å²) >= 11 is 0. The Morgan fingerprint density at radius 1 is 1.08 bits per heavy atom. The highest BCUT2D eigenvalue weighted by molar-refractivity contribution is 5.98. The fraction of sp³-hybridized carbons (Fsp3) is 0.571. The highest BCUT2D eigenvalue weighted by Gasteiger charge is 2.28. The van der Waals surface area contributed by atoms with Crippen LogP contribution in [0.25, 0.3) is 0 Å². The standard InChI is InChI=1S/C28H39N5O3/c1-21(2)19-32(17-14-26(34)29-23-12-7-4-8-13-23)27(35)24-18-25-28(36)31(15-9-16-33(25)30-24)20-22-10-5-3-6-11-22/h3,5-6,10-11,18,21,23H,4,7-9,12-17,19-20H2,1-2H3,(H,29,34). The van der Waals surface area contributed by atoms with Gasteiger partial charge in [0.25, 0.3) is 11.8 Å². The van der Waals surface area contributed by atoms with Crippen LogP contribution in [0.5, 0.6) is 0 Å². The summed E-state index contributed by atoms with van der Waals surface area (Å²) in [6.07, 6.45) is 6.69. The minimum atomic E-state index is -0.225. The Bertz CT molecular complexity index is 1040. The van der Waals surface area contributed by atoms with Crippen LogP contribution in [0.1, 0.15) is 85.3 Å². The van der Waals surface area contributed by atoms with Crippen LogP contribution in [0.3, 0.4) is 0 Å². The molecule has 2 aromatic rings. The van der Waals surface area contributed by atoms with Crippen molar-refractivity contribution in [3.63, 3.8) is 0 Å². The number of hydrogen-bond acceptors (Lipinski definition) is 4. The van der Waals surface area contributed by atoms with Gasteiger partial charge in [-0.1, -0.05) is 63.4 Å². The van der Waals surface area contributed by atoms with Gasteiger partial charge in [-0.3, -0.25) is 19.1 Å². The van der Waals surface area contributed by atoms with Crippen molar-refractivity contribution in [2.24, 2.45) is 5.92 Å². The maximum atomic E-state index is 13.5. The molecule has 8 heteroatoms. The zero-order valence-electron chi connectivity index (χ0n) is 21.6. The lowest BCUT2D eigenvalue weighted by atomic mass is 9.95. The van der Waals surface area contributed by atoms with Crippen LogP contribution in [0, 0.1) is 5.92 Å². The lowest BCUT2D eigenvalue weighted by molar-refractivity contribution is -0.122. The highest BCUT2D eigenvalue weighted by atomic mass is 16.2. The second kappa shape index (κ2) is 12.2. The Balaban J connectivity index is 1.43. The third kappa shape index (κ3) is 6.74. The third-order valence-corrected chi connectivity index (χ3v) is 6.97. The van der Waals surface area contributed by atoms with Crippen LogP contribution in [0.2, 0.25) is 0 Å². The smallest absolute Gasteiger partial charge is 0.274 e. The minimum Gasteiger partial charge on any atom is -0.353 e. The fourth-order valence-corrected chi connectivity index (χ4v) is 5.16. The van der Waals surface area contributed by atoms with E-state index in [0.29, 0.717) is 38.4 Å². The van der Waals surface area contributed by atoms with E-state index in [2.05, 4.69) is 24.3 Å². The van der Waals surface area contributed by atoms with Gasteiger partial charge >= 0.3 is 0 Å². The molecule has 2 heterocycles. The van der Waals surface area contributed by atoms with Gasteiger partial charge < -0.3 is 15.1 Å². The number of aryl methyl sites for hydroxylation is 1. The molecule has 1 aliphatic carbocycles. The molecule has 0 unspecified atom stereocenters. The number of aromatic nitrogens is 2. The first kappa shape index (κ1) is 25.9. The number of benzene rings is 1. The van der Waals surface area contributed by atoms with Gasteiger partial charge in [-0.2, -0.15) is 5.10 Å².